The lowest BCUT2D eigenvalue weighted by atomic mass is 10.2. The van der Waals surface area contributed by atoms with Crippen molar-refractivity contribution in [1.82, 2.24) is 0 Å². The standard InChI is InChI=1S/C9H3Cl5/c10-3-1-2-5-6(11)4-7(12)9(14)8(5)13/h4H,3H2. The molecule has 5 heteroatoms. The molecule has 0 fully saturated rings. The molecule has 0 aliphatic heterocycles. The van der Waals surface area contributed by atoms with Crippen LogP contribution in [0.15, 0.2) is 6.07 Å². The van der Waals surface area contributed by atoms with Gasteiger partial charge in [-0.2, -0.15) is 0 Å². The van der Waals surface area contributed by atoms with Crippen LogP contribution in [0.2, 0.25) is 20.1 Å². The number of halogens is 5. The first kappa shape index (κ1) is 12.3. The van der Waals surface area contributed by atoms with Crippen LogP contribution in [0.4, 0.5) is 0 Å². The molecule has 1 aromatic rings. The Bertz CT molecular complexity index is 413. The van der Waals surface area contributed by atoms with Gasteiger partial charge >= 0.3 is 0 Å². The van der Waals surface area contributed by atoms with Crippen LogP contribution in [0.25, 0.3) is 0 Å². The fourth-order valence-corrected chi connectivity index (χ4v) is 1.88. The zero-order valence-corrected chi connectivity index (χ0v) is 10.5. The second-order valence-corrected chi connectivity index (χ2v) is 4.12. The van der Waals surface area contributed by atoms with Crippen molar-refractivity contribution in [2.45, 2.75) is 0 Å². The largest absolute Gasteiger partial charge is 0.113 e. The third-order valence-electron chi connectivity index (χ3n) is 1.39. The third kappa shape index (κ3) is 2.63. The van der Waals surface area contributed by atoms with Crippen LogP contribution >= 0.6 is 58.0 Å². The third-order valence-corrected chi connectivity index (χ3v) is 3.09. The summed E-state index contributed by atoms with van der Waals surface area (Å²) in [6, 6.07) is 1.50. The minimum atomic E-state index is 0.201. The molecule has 0 aromatic heterocycles. The molecule has 0 aliphatic carbocycles. The smallest absolute Gasteiger partial charge is 0.0839 e. The molecule has 0 saturated heterocycles. The maximum absolute atomic E-state index is 5.89. The molecule has 0 N–H and O–H groups in total. The molecule has 0 bridgehead atoms. The van der Waals surface area contributed by atoms with E-state index in [1.54, 1.807) is 0 Å². The Labute approximate surface area is 107 Å². The summed E-state index contributed by atoms with van der Waals surface area (Å²) in [5.74, 6) is 5.55. The van der Waals surface area contributed by atoms with Gasteiger partial charge in [-0.1, -0.05) is 58.2 Å². The quantitative estimate of drug-likeness (QED) is 0.276. The van der Waals surface area contributed by atoms with Gasteiger partial charge in [0.05, 0.1) is 31.5 Å². The SMILES string of the molecule is ClCC#Cc1c(Cl)cc(Cl)c(Cl)c1Cl. The maximum Gasteiger partial charge on any atom is 0.0839 e. The lowest BCUT2D eigenvalue weighted by molar-refractivity contribution is 1.63. The first-order chi connectivity index (χ1) is 6.57. The molecule has 0 saturated carbocycles. The van der Waals surface area contributed by atoms with Crippen molar-refractivity contribution in [1.29, 1.82) is 0 Å². The van der Waals surface area contributed by atoms with E-state index >= 15 is 0 Å². The molecular weight excluding hydrogens is 285 g/mol. The topological polar surface area (TPSA) is 0 Å². The fourth-order valence-electron chi connectivity index (χ4n) is 0.803. The molecule has 0 spiro atoms. The second-order valence-electron chi connectivity index (χ2n) is 2.28. The molecular formula is C9H3Cl5. The van der Waals surface area contributed by atoms with Crippen LogP contribution in [0.3, 0.4) is 0 Å². The zero-order chi connectivity index (χ0) is 10.7. The van der Waals surface area contributed by atoms with Gasteiger partial charge in [-0.25, -0.2) is 0 Å². The minimum absolute atomic E-state index is 0.201. The van der Waals surface area contributed by atoms with Crippen LogP contribution in [0.5, 0.6) is 0 Å². The molecule has 14 heavy (non-hydrogen) atoms. The Balaban J connectivity index is 3.36. The molecule has 0 aliphatic rings. The van der Waals surface area contributed by atoms with E-state index in [0.717, 1.165) is 0 Å². The van der Waals surface area contributed by atoms with E-state index in [-0.39, 0.29) is 15.9 Å². The average Bonchev–Trinajstić information content (AvgIpc) is 2.14. The van der Waals surface area contributed by atoms with Gasteiger partial charge in [-0.3, -0.25) is 0 Å². The summed E-state index contributed by atoms with van der Waals surface area (Å²) in [6.07, 6.45) is 0. The summed E-state index contributed by atoms with van der Waals surface area (Å²) in [5, 5.41) is 1.17. The highest BCUT2D eigenvalue weighted by atomic mass is 35.5. The van der Waals surface area contributed by atoms with Gasteiger partial charge in [0.15, 0.2) is 0 Å². The highest BCUT2D eigenvalue weighted by Crippen LogP contribution is 2.36. The molecule has 0 amide bonds. The Morgan fingerprint density at radius 1 is 1.00 bits per heavy atom. The van der Waals surface area contributed by atoms with E-state index in [4.69, 9.17) is 58.0 Å². The van der Waals surface area contributed by atoms with Gasteiger partial charge in [0.25, 0.3) is 0 Å². The molecule has 1 aromatic carbocycles. The number of rotatable bonds is 0. The highest BCUT2D eigenvalue weighted by Gasteiger charge is 2.11. The predicted molar refractivity (Wildman–Crippen MR) is 64.1 cm³/mol. The van der Waals surface area contributed by atoms with E-state index < -0.39 is 0 Å². The lowest BCUT2D eigenvalue weighted by Gasteiger charge is -2.03. The predicted octanol–water partition coefficient (Wildman–Crippen LogP) is 4.89. The second kappa shape index (κ2) is 5.35. The van der Waals surface area contributed by atoms with Gasteiger partial charge in [0.2, 0.25) is 0 Å². The van der Waals surface area contributed by atoms with Crippen LogP contribution in [-0.2, 0) is 0 Å². The van der Waals surface area contributed by atoms with Crippen molar-refractivity contribution in [2.24, 2.45) is 0 Å². The van der Waals surface area contributed by atoms with E-state index in [0.29, 0.717) is 15.6 Å². The van der Waals surface area contributed by atoms with Crippen molar-refractivity contribution in [2.75, 3.05) is 5.88 Å². The normalized spacial score (nSPS) is 9.50. The number of hydrogen-bond donors (Lipinski definition) is 0. The lowest BCUT2D eigenvalue weighted by Crippen LogP contribution is -1.83. The summed E-state index contributed by atoms with van der Waals surface area (Å²) in [7, 11) is 0. The summed E-state index contributed by atoms with van der Waals surface area (Å²) >= 11 is 28.7. The van der Waals surface area contributed by atoms with Crippen molar-refractivity contribution >= 4 is 58.0 Å². The van der Waals surface area contributed by atoms with E-state index in [1.807, 2.05) is 0 Å². The molecule has 0 nitrogen and oxygen atoms in total. The maximum atomic E-state index is 5.89. The Morgan fingerprint density at radius 2 is 1.64 bits per heavy atom. The molecule has 0 radical (unpaired) electrons. The van der Waals surface area contributed by atoms with Crippen LogP contribution in [0.1, 0.15) is 5.56 Å². The zero-order valence-electron chi connectivity index (χ0n) is 6.67. The number of hydrogen-bond acceptors (Lipinski definition) is 0. The van der Waals surface area contributed by atoms with Crippen molar-refractivity contribution in [3.8, 4) is 11.8 Å². The first-order valence-electron chi connectivity index (χ1n) is 3.45. The first-order valence-corrected chi connectivity index (χ1v) is 5.50. The van der Waals surface area contributed by atoms with Gasteiger partial charge in [-0.15, -0.1) is 11.6 Å². The van der Waals surface area contributed by atoms with Crippen LogP contribution in [-0.4, -0.2) is 5.88 Å². The highest BCUT2D eigenvalue weighted by molar-refractivity contribution is 6.49. The van der Waals surface area contributed by atoms with Crippen molar-refractivity contribution in [3.63, 3.8) is 0 Å². The Kier molecular flexibility index (Phi) is 4.70. The molecule has 1 rings (SSSR count). The van der Waals surface area contributed by atoms with E-state index in [9.17, 15) is 0 Å². The van der Waals surface area contributed by atoms with Gasteiger partial charge in [-0.05, 0) is 6.07 Å². The van der Waals surface area contributed by atoms with E-state index in [1.165, 1.54) is 6.07 Å². The Hall–Kier alpha value is 0.230. The van der Waals surface area contributed by atoms with Crippen molar-refractivity contribution < 1.29 is 0 Å². The minimum Gasteiger partial charge on any atom is -0.113 e. The molecule has 0 heterocycles. The van der Waals surface area contributed by atoms with Crippen LogP contribution in [0, 0.1) is 11.8 Å². The fraction of sp³-hybridized carbons (Fsp3) is 0.111. The van der Waals surface area contributed by atoms with Crippen LogP contribution < -0.4 is 0 Å². The summed E-state index contributed by atoms with van der Waals surface area (Å²) in [4.78, 5) is 0. The monoisotopic (exact) mass is 286 g/mol. The molecule has 74 valence electrons. The summed E-state index contributed by atoms with van der Waals surface area (Å²) < 4.78 is 0. The molecule has 0 unspecified atom stereocenters. The summed E-state index contributed by atoms with van der Waals surface area (Å²) in [6.45, 7) is 0. The Morgan fingerprint density at radius 3 is 2.21 bits per heavy atom. The summed E-state index contributed by atoms with van der Waals surface area (Å²) in [5.41, 5.74) is 0.448. The van der Waals surface area contributed by atoms with Gasteiger partial charge in [0.1, 0.15) is 0 Å². The van der Waals surface area contributed by atoms with E-state index in [2.05, 4.69) is 11.8 Å². The van der Waals surface area contributed by atoms with Crippen molar-refractivity contribution in [3.05, 3.63) is 31.7 Å². The average molecular weight is 288 g/mol. The van der Waals surface area contributed by atoms with Gasteiger partial charge in [0, 0.05) is 0 Å². The molecule has 0 atom stereocenters. The van der Waals surface area contributed by atoms with Gasteiger partial charge < -0.3 is 0 Å². The number of benzene rings is 1. The number of alkyl halides is 1.